The van der Waals surface area contributed by atoms with E-state index < -0.39 is 0 Å². The van der Waals surface area contributed by atoms with Crippen LogP contribution in [0.25, 0.3) is 6.08 Å². The van der Waals surface area contributed by atoms with E-state index >= 15 is 0 Å². The van der Waals surface area contributed by atoms with Crippen LogP contribution in [0.5, 0.6) is 0 Å². The Labute approximate surface area is 114 Å². The van der Waals surface area contributed by atoms with Gasteiger partial charge in [-0.3, -0.25) is 4.79 Å². The van der Waals surface area contributed by atoms with Crippen molar-refractivity contribution in [2.45, 2.75) is 32.8 Å². The van der Waals surface area contributed by atoms with Crippen molar-refractivity contribution in [1.82, 2.24) is 4.90 Å². The first-order valence-electron chi connectivity index (χ1n) is 6.78. The number of rotatable bonds is 2. The van der Waals surface area contributed by atoms with Gasteiger partial charge in [0.15, 0.2) is 0 Å². The molecule has 0 saturated carbocycles. The van der Waals surface area contributed by atoms with E-state index in [1.165, 1.54) is 11.1 Å². The van der Waals surface area contributed by atoms with Gasteiger partial charge in [0, 0.05) is 19.2 Å². The number of β-amino-alcohol motifs (C(OH)–C–C–N with tert-alkyl or cyclic N) is 1. The molecule has 1 aromatic rings. The summed E-state index contributed by atoms with van der Waals surface area (Å²) in [5.74, 6) is -0.0151. The van der Waals surface area contributed by atoms with Gasteiger partial charge >= 0.3 is 0 Å². The van der Waals surface area contributed by atoms with E-state index in [0.29, 0.717) is 6.54 Å². The standard InChI is InChI=1S/C16H21NO2/c1-12-5-6-14(13(2)10-12)7-8-16(19)17-9-3-4-15(18)11-17/h5-8,10,15,18H,3-4,9,11H2,1-2H3. The quantitative estimate of drug-likeness (QED) is 0.828. The summed E-state index contributed by atoms with van der Waals surface area (Å²) in [5, 5.41) is 9.57. The monoisotopic (exact) mass is 259 g/mol. The fourth-order valence-corrected chi connectivity index (χ4v) is 2.43. The van der Waals surface area contributed by atoms with E-state index in [9.17, 15) is 9.90 Å². The number of aliphatic hydroxyl groups excluding tert-OH is 1. The van der Waals surface area contributed by atoms with Crippen LogP contribution in [0.4, 0.5) is 0 Å². The maximum absolute atomic E-state index is 12.0. The third-order valence-corrected chi connectivity index (χ3v) is 3.54. The fourth-order valence-electron chi connectivity index (χ4n) is 2.43. The Morgan fingerprint density at radius 1 is 1.42 bits per heavy atom. The van der Waals surface area contributed by atoms with Gasteiger partial charge in [0.05, 0.1) is 6.10 Å². The SMILES string of the molecule is Cc1ccc(C=CC(=O)N2CCCC(O)C2)c(C)c1. The van der Waals surface area contributed by atoms with Crippen LogP contribution in [0, 0.1) is 13.8 Å². The maximum Gasteiger partial charge on any atom is 0.246 e. The summed E-state index contributed by atoms with van der Waals surface area (Å²) in [6.45, 7) is 5.30. The summed E-state index contributed by atoms with van der Waals surface area (Å²) in [6.07, 6.45) is 4.77. The third kappa shape index (κ3) is 3.67. The average Bonchev–Trinajstić information content (AvgIpc) is 2.37. The van der Waals surface area contributed by atoms with Crippen LogP contribution >= 0.6 is 0 Å². The Morgan fingerprint density at radius 2 is 2.21 bits per heavy atom. The first-order chi connectivity index (χ1) is 9.06. The van der Waals surface area contributed by atoms with Crippen LogP contribution in [0.15, 0.2) is 24.3 Å². The van der Waals surface area contributed by atoms with Gasteiger partial charge in [-0.2, -0.15) is 0 Å². The number of benzene rings is 1. The molecule has 1 amide bonds. The number of carbonyl (C=O) groups excluding carboxylic acids is 1. The van der Waals surface area contributed by atoms with E-state index in [1.54, 1.807) is 11.0 Å². The van der Waals surface area contributed by atoms with Gasteiger partial charge in [-0.25, -0.2) is 0 Å². The molecule has 1 heterocycles. The highest BCUT2D eigenvalue weighted by Gasteiger charge is 2.20. The second kappa shape index (κ2) is 6.02. The van der Waals surface area contributed by atoms with Crippen molar-refractivity contribution in [3.8, 4) is 0 Å². The van der Waals surface area contributed by atoms with Crippen molar-refractivity contribution in [3.05, 3.63) is 41.0 Å². The molecule has 0 bridgehead atoms. The van der Waals surface area contributed by atoms with Crippen LogP contribution in [-0.2, 0) is 4.79 Å². The van der Waals surface area contributed by atoms with Crippen molar-refractivity contribution < 1.29 is 9.90 Å². The topological polar surface area (TPSA) is 40.5 Å². The van der Waals surface area contributed by atoms with Crippen molar-refractivity contribution >= 4 is 12.0 Å². The van der Waals surface area contributed by atoms with E-state index in [1.807, 2.05) is 25.1 Å². The van der Waals surface area contributed by atoms with Gasteiger partial charge in [-0.15, -0.1) is 0 Å². The minimum absolute atomic E-state index is 0.0151. The Kier molecular flexibility index (Phi) is 4.38. The molecular formula is C16H21NO2. The van der Waals surface area contributed by atoms with Crippen LogP contribution in [-0.4, -0.2) is 35.1 Å². The summed E-state index contributed by atoms with van der Waals surface area (Å²) >= 11 is 0. The van der Waals surface area contributed by atoms with Crippen LogP contribution in [0.3, 0.4) is 0 Å². The molecule has 1 atom stereocenters. The van der Waals surface area contributed by atoms with Gasteiger partial charge in [0.25, 0.3) is 0 Å². The number of carbonyl (C=O) groups is 1. The second-order valence-corrected chi connectivity index (χ2v) is 5.27. The van der Waals surface area contributed by atoms with Crippen molar-refractivity contribution in [1.29, 1.82) is 0 Å². The fraction of sp³-hybridized carbons (Fsp3) is 0.438. The van der Waals surface area contributed by atoms with E-state index in [0.717, 1.165) is 24.9 Å². The molecule has 1 saturated heterocycles. The maximum atomic E-state index is 12.0. The normalized spacial score (nSPS) is 19.9. The van der Waals surface area contributed by atoms with Crippen LogP contribution in [0.2, 0.25) is 0 Å². The number of likely N-dealkylation sites (tertiary alicyclic amines) is 1. The van der Waals surface area contributed by atoms with E-state index in [4.69, 9.17) is 0 Å². The van der Waals surface area contributed by atoms with E-state index in [-0.39, 0.29) is 12.0 Å². The summed E-state index contributed by atoms with van der Waals surface area (Å²) in [5.41, 5.74) is 3.46. The molecule has 1 aromatic carbocycles. The minimum Gasteiger partial charge on any atom is -0.391 e. The number of aryl methyl sites for hydroxylation is 2. The number of amides is 1. The Morgan fingerprint density at radius 3 is 2.89 bits per heavy atom. The summed E-state index contributed by atoms with van der Waals surface area (Å²) in [6, 6.07) is 6.18. The molecule has 0 spiro atoms. The molecule has 1 fully saturated rings. The molecule has 1 aliphatic rings. The van der Waals surface area contributed by atoms with Gasteiger partial charge in [-0.05, 0) is 43.9 Å². The molecule has 0 aliphatic carbocycles. The smallest absolute Gasteiger partial charge is 0.246 e. The molecule has 102 valence electrons. The molecule has 1 unspecified atom stereocenters. The number of piperidine rings is 1. The molecule has 1 aliphatic heterocycles. The highest BCUT2D eigenvalue weighted by Crippen LogP contribution is 2.14. The zero-order chi connectivity index (χ0) is 13.8. The molecule has 19 heavy (non-hydrogen) atoms. The lowest BCUT2D eigenvalue weighted by atomic mass is 10.0. The molecular weight excluding hydrogens is 238 g/mol. The molecule has 1 N–H and O–H groups in total. The van der Waals surface area contributed by atoms with Gasteiger partial charge < -0.3 is 10.0 Å². The minimum atomic E-state index is -0.368. The summed E-state index contributed by atoms with van der Waals surface area (Å²) < 4.78 is 0. The van der Waals surface area contributed by atoms with Gasteiger partial charge in [0.1, 0.15) is 0 Å². The Balaban J connectivity index is 2.03. The lowest BCUT2D eigenvalue weighted by molar-refractivity contribution is -0.128. The lowest BCUT2D eigenvalue weighted by Crippen LogP contribution is -2.41. The highest BCUT2D eigenvalue weighted by molar-refractivity contribution is 5.92. The molecule has 0 aromatic heterocycles. The summed E-state index contributed by atoms with van der Waals surface area (Å²) in [4.78, 5) is 13.7. The Bertz CT molecular complexity index is 494. The van der Waals surface area contributed by atoms with Crippen molar-refractivity contribution in [3.63, 3.8) is 0 Å². The zero-order valence-corrected chi connectivity index (χ0v) is 11.6. The summed E-state index contributed by atoms with van der Waals surface area (Å²) in [7, 11) is 0. The van der Waals surface area contributed by atoms with Crippen molar-refractivity contribution in [2.75, 3.05) is 13.1 Å². The highest BCUT2D eigenvalue weighted by atomic mass is 16.3. The van der Waals surface area contributed by atoms with E-state index in [2.05, 4.69) is 13.0 Å². The third-order valence-electron chi connectivity index (χ3n) is 3.54. The lowest BCUT2D eigenvalue weighted by Gasteiger charge is -2.29. The van der Waals surface area contributed by atoms with Crippen LogP contribution in [0.1, 0.15) is 29.5 Å². The Hall–Kier alpha value is -1.61. The second-order valence-electron chi connectivity index (χ2n) is 5.27. The van der Waals surface area contributed by atoms with Gasteiger partial charge in [-0.1, -0.05) is 23.8 Å². The largest absolute Gasteiger partial charge is 0.391 e. The first kappa shape index (κ1) is 13.8. The average molecular weight is 259 g/mol. The number of nitrogens with zero attached hydrogens (tertiary/aromatic N) is 1. The van der Waals surface area contributed by atoms with Crippen molar-refractivity contribution in [2.24, 2.45) is 0 Å². The predicted molar refractivity (Wildman–Crippen MR) is 76.8 cm³/mol. The molecule has 0 radical (unpaired) electrons. The van der Waals surface area contributed by atoms with Crippen LogP contribution < -0.4 is 0 Å². The first-order valence-corrected chi connectivity index (χ1v) is 6.78. The predicted octanol–water partition coefficient (Wildman–Crippen LogP) is 2.30. The molecule has 3 nitrogen and oxygen atoms in total. The number of hydrogen-bond acceptors (Lipinski definition) is 2. The number of hydrogen-bond donors (Lipinski definition) is 1. The van der Waals surface area contributed by atoms with Gasteiger partial charge in [0.2, 0.25) is 5.91 Å². The molecule has 3 heteroatoms. The zero-order valence-electron chi connectivity index (χ0n) is 11.6. The number of aliphatic hydroxyl groups is 1. The molecule has 2 rings (SSSR count).